The quantitative estimate of drug-likeness (QED) is 0.781. The Hall–Kier alpha value is -2.17. The zero-order valence-corrected chi connectivity index (χ0v) is 15.4. The molecular weight excluding hydrogens is 328 g/mol. The highest BCUT2D eigenvalue weighted by atomic mass is 16.2. The number of likely N-dealkylation sites (tertiary alicyclic amines) is 1. The molecule has 1 fully saturated rings. The van der Waals surface area contributed by atoms with Crippen molar-refractivity contribution in [1.29, 1.82) is 0 Å². The van der Waals surface area contributed by atoms with Crippen molar-refractivity contribution in [1.82, 2.24) is 4.90 Å². The van der Waals surface area contributed by atoms with E-state index in [4.69, 9.17) is 0 Å². The molecule has 1 saturated heterocycles. The number of benzene rings is 1. The molecule has 0 N–H and O–H groups in total. The highest BCUT2D eigenvalue weighted by molar-refractivity contribution is 6.02. The van der Waals surface area contributed by atoms with Crippen molar-refractivity contribution in [2.75, 3.05) is 24.5 Å². The fourth-order valence-corrected chi connectivity index (χ4v) is 4.63. The summed E-state index contributed by atoms with van der Waals surface area (Å²) < 4.78 is 0. The molecule has 1 aromatic carbocycles. The molecule has 3 heterocycles. The van der Waals surface area contributed by atoms with E-state index in [9.17, 15) is 14.4 Å². The number of piperidine rings is 1. The normalized spacial score (nSPS) is 19.7. The Bertz CT molecular complexity index is 763. The smallest absolute Gasteiger partial charge is 0.227 e. The van der Waals surface area contributed by atoms with Gasteiger partial charge in [-0.25, -0.2) is 0 Å². The summed E-state index contributed by atoms with van der Waals surface area (Å²) in [5.41, 5.74) is 4.22. The molecule has 3 aliphatic heterocycles. The molecule has 3 aliphatic rings. The molecule has 26 heavy (non-hydrogen) atoms. The van der Waals surface area contributed by atoms with Gasteiger partial charge >= 0.3 is 0 Å². The van der Waals surface area contributed by atoms with E-state index >= 15 is 0 Å². The van der Waals surface area contributed by atoms with E-state index in [0.717, 1.165) is 74.1 Å². The standard InChI is InChI=1S/C21H26N2O3/c1-14(24)22-9-6-15(7-10-22)2-4-19(25)18-12-16-3-5-20(26)23-11-8-17(13-18)21(16)23/h12-13,15H,2-11H2,1H3. The second kappa shape index (κ2) is 6.86. The average Bonchev–Trinajstić information content (AvgIpc) is 3.08. The van der Waals surface area contributed by atoms with Crippen molar-refractivity contribution < 1.29 is 14.4 Å². The minimum atomic E-state index is 0.152. The van der Waals surface area contributed by atoms with Crippen molar-refractivity contribution in [2.45, 2.75) is 51.9 Å². The van der Waals surface area contributed by atoms with Gasteiger partial charge in [-0.1, -0.05) is 0 Å². The van der Waals surface area contributed by atoms with E-state index in [-0.39, 0.29) is 17.6 Å². The first kappa shape index (κ1) is 17.3. The largest absolute Gasteiger partial charge is 0.343 e. The molecule has 2 amide bonds. The molecule has 0 saturated carbocycles. The van der Waals surface area contributed by atoms with Gasteiger partial charge in [0.25, 0.3) is 0 Å². The number of hydrogen-bond donors (Lipinski definition) is 0. The molecule has 5 heteroatoms. The highest BCUT2D eigenvalue weighted by Gasteiger charge is 2.32. The molecule has 1 aromatic rings. The van der Waals surface area contributed by atoms with E-state index in [1.807, 2.05) is 21.9 Å². The lowest BCUT2D eigenvalue weighted by atomic mass is 9.89. The average molecular weight is 354 g/mol. The van der Waals surface area contributed by atoms with Crippen LogP contribution in [-0.2, 0) is 22.4 Å². The zero-order valence-electron chi connectivity index (χ0n) is 15.4. The topological polar surface area (TPSA) is 57.7 Å². The second-order valence-electron chi connectivity index (χ2n) is 7.85. The van der Waals surface area contributed by atoms with E-state index in [0.29, 0.717) is 18.8 Å². The Morgan fingerprint density at radius 3 is 2.42 bits per heavy atom. The summed E-state index contributed by atoms with van der Waals surface area (Å²) in [6, 6.07) is 4.03. The third-order valence-electron chi connectivity index (χ3n) is 6.21. The number of nitrogens with zero attached hydrogens (tertiary/aromatic N) is 2. The summed E-state index contributed by atoms with van der Waals surface area (Å²) in [4.78, 5) is 40.0. The number of carbonyl (C=O) groups excluding carboxylic acids is 3. The Kier molecular flexibility index (Phi) is 4.55. The first-order valence-corrected chi connectivity index (χ1v) is 9.78. The highest BCUT2D eigenvalue weighted by Crippen LogP contribution is 2.37. The van der Waals surface area contributed by atoms with Gasteiger partial charge in [-0.3, -0.25) is 14.4 Å². The zero-order chi connectivity index (χ0) is 18.3. The molecule has 0 aliphatic carbocycles. The van der Waals surface area contributed by atoms with Crippen LogP contribution in [0.15, 0.2) is 12.1 Å². The molecule has 0 unspecified atom stereocenters. The van der Waals surface area contributed by atoms with Gasteiger partial charge in [0.1, 0.15) is 0 Å². The van der Waals surface area contributed by atoms with Crippen LogP contribution in [0.3, 0.4) is 0 Å². The number of anilines is 1. The monoisotopic (exact) mass is 354 g/mol. The third-order valence-corrected chi connectivity index (χ3v) is 6.21. The number of hydrogen-bond acceptors (Lipinski definition) is 3. The van der Waals surface area contributed by atoms with E-state index in [2.05, 4.69) is 0 Å². The molecule has 0 atom stereocenters. The SMILES string of the molecule is CC(=O)N1CCC(CCC(=O)c2cc3c4c(c2)CCN4C(=O)CC3)CC1. The van der Waals surface area contributed by atoms with Crippen molar-refractivity contribution in [3.05, 3.63) is 28.8 Å². The Morgan fingerprint density at radius 2 is 1.73 bits per heavy atom. The van der Waals surface area contributed by atoms with Gasteiger partial charge in [0.2, 0.25) is 11.8 Å². The Morgan fingerprint density at radius 1 is 1.04 bits per heavy atom. The molecule has 0 spiro atoms. The van der Waals surface area contributed by atoms with Crippen LogP contribution in [0.2, 0.25) is 0 Å². The lowest BCUT2D eigenvalue weighted by molar-refractivity contribution is -0.130. The predicted molar refractivity (Wildman–Crippen MR) is 99.4 cm³/mol. The first-order valence-electron chi connectivity index (χ1n) is 9.78. The van der Waals surface area contributed by atoms with Crippen LogP contribution in [0, 0.1) is 5.92 Å². The molecule has 138 valence electrons. The van der Waals surface area contributed by atoms with Crippen molar-refractivity contribution in [3.63, 3.8) is 0 Å². The number of aryl methyl sites for hydroxylation is 1. The number of carbonyl (C=O) groups is 3. The summed E-state index contributed by atoms with van der Waals surface area (Å²) >= 11 is 0. The van der Waals surface area contributed by atoms with Gasteiger partial charge < -0.3 is 9.80 Å². The molecule has 4 rings (SSSR count). The number of rotatable bonds is 4. The van der Waals surface area contributed by atoms with Gasteiger partial charge in [-0.05, 0) is 61.3 Å². The minimum absolute atomic E-state index is 0.152. The summed E-state index contributed by atoms with van der Waals surface area (Å²) in [6.45, 7) is 4.02. The fourth-order valence-electron chi connectivity index (χ4n) is 4.63. The maximum absolute atomic E-state index is 12.7. The van der Waals surface area contributed by atoms with Gasteiger partial charge in [-0.2, -0.15) is 0 Å². The molecule has 0 radical (unpaired) electrons. The molecule has 5 nitrogen and oxygen atoms in total. The first-order chi connectivity index (χ1) is 12.5. The number of Topliss-reactive ketones (excluding diaryl/α,β-unsaturated/α-hetero) is 1. The lowest BCUT2D eigenvalue weighted by Crippen LogP contribution is -2.37. The fraction of sp³-hybridized carbons (Fsp3) is 0.571. The van der Waals surface area contributed by atoms with Crippen LogP contribution in [-0.4, -0.2) is 42.1 Å². The summed E-state index contributed by atoms with van der Waals surface area (Å²) in [5, 5.41) is 0. The maximum atomic E-state index is 12.7. The summed E-state index contributed by atoms with van der Waals surface area (Å²) in [7, 11) is 0. The van der Waals surface area contributed by atoms with E-state index < -0.39 is 0 Å². The predicted octanol–water partition coefficient (Wildman–Crippen LogP) is 2.74. The number of amides is 2. The molecule has 0 bridgehead atoms. The van der Waals surface area contributed by atoms with Crippen molar-refractivity contribution in [2.24, 2.45) is 5.92 Å². The van der Waals surface area contributed by atoms with Gasteiger partial charge in [-0.15, -0.1) is 0 Å². The lowest BCUT2D eigenvalue weighted by Gasteiger charge is -2.31. The van der Waals surface area contributed by atoms with Crippen LogP contribution < -0.4 is 4.90 Å². The van der Waals surface area contributed by atoms with Gasteiger partial charge in [0, 0.05) is 45.0 Å². The summed E-state index contributed by atoms with van der Waals surface area (Å²) in [5.74, 6) is 1.12. The third kappa shape index (κ3) is 3.15. The van der Waals surface area contributed by atoms with Crippen molar-refractivity contribution in [3.8, 4) is 0 Å². The van der Waals surface area contributed by atoms with Crippen LogP contribution in [0.4, 0.5) is 5.69 Å². The second-order valence-corrected chi connectivity index (χ2v) is 7.85. The van der Waals surface area contributed by atoms with Crippen LogP contribution in [0.25, 0.3) is 0 Å². The van der Waals surface area contributed by atoms with E-state index in [1.165, 1.54) is 0 Å². The number of ketones is 1. The molecule has 0 aromatic heterocycles. The minimum Gasteiger partial charge on any atom is -0.343 e. The van der Waals surface area contributed by atoms with Crippen molar-refractivity contribution >= 4 is 23.3 Å². The molecular formula is C21H26N2O3. The van der Waals surface area contributed by atoms with E-state index in [1.54, 1.807) is 6.92 Å². The van der Waals surface area contributed by atoms with Crippen LogP contribution in [0.1, 0.15) is 60.5 Å². The Labute approximate surface area is 154 Å². The Balaban J connectivity index is 1.39. The maximum Gasteiger partial charge on any atom is 0.227 e. The van der Waals surface area contributed by atoms with Crippen LogP contribution >= 0.6 is 0 Å². The summed E-state index contributed by atoms with van der Waals surface area (Å²) in [6.07, 6.45) is 5.64. The van der Waals surface area contributed by atoms with Gasteiger partial charge in [0.15, 0.2) is 5.78 Å². The van der Waals surface area contributed by atoms with Crippen LogP contribution in [0.5, 0.6) is 0 Å². The van der Waals surface area contributed by atoms with Gasteiger partial charge in [0.05, 0.1) is 5.69 Å².